The van der Waals surface area contributed by atoms with E-state index in [0.717, 1.165) is 31.1 Å². The molecule has 16 heavy (non-hydrogen) atoms. The van der Waals surface area contributed by atoms with Crippen LogP contribution in [0.1, 0.15) is 39.5 Å². The van der Waals surface area contributed by atoms with Crippen LogP contribution in [-0.4, -0.2) is 37.1 Å². The van der Waals surface area contributed by atoms with E-state index in [2.05, 4.69) is 23.7 Å². The molecule has 0 bridgehead atoms. The highest BCUT2D eigenvalue weighted by molar-refractivity contribution is 5.85. The molecule has 0 saturated carbocycles. The Bertz CT molecular complexity index is 248. The van der Waals surface area contributed by atoms with Crippen LogP contribution in [-0.2, 0) is 0 Å². The highest BCUT2D eigenvalue weighted by Gasteiger charge is 2.18. The summed E-state index contributed by atoms with van der Waals surface area (Å²) in [4.78, 5) is 6.24. The van der Waals surface area contributed by atoms with Gasteiger partial charge in [0.25, 0.3) is 0 Å². The van der Waals surface area contributed by atoms with E-state index < -0.39 is 0 Å². The number of hydrogen-bond acceptors (Lipinski definition) is 2. The minimum atomic E-state index is 0.709. The fraction of sp³-hybridized carbons (Fsp3) is 0.846. The molecule has 3 nitrogen and oxygen atoms in total. The summed E-state index contributed by atoms with van der Waals surface area (Å²) in [6.07, 6.45) is 6.54. The van der Waals surface area contributed by atoms with Crippen molar-refractivity contribution in [1.82, 2.24) is 4.90 Å². The van der Waals surface area contributed by atoms with Gasteiger partial charge in [-0.3, -0.25) is 4.99 Å². The molecule has 0 radical (unpaired) electrons. The van der Waals surface area contributed by atoms with Crippen molar-refractivity contribution < 1.29 is 0 Å². The smallest absolute Gasteiger partial charge is 0.0849 e. The summed E-state index contributed by atoms with van der Waals surface area (Å²) >= 11 is 0. The van der Waals surface area contributed by atoms with E-state index in [-0.39, 0.29) is 0 Å². The average Bonchev–Trinajstić information content (AvgIpc) is 2.30. The number of hydrogen-bond donors (Lipinski definition) is 1. The first-order valence-corrected chi connectivity index (χ1v) is 6.38. The molecule has 0 aliphatic carbocycles. The van der Waals surface area contributed by atoms with Crippen molar-refractivity contribution >= 4 is 12.1 Å². The highest BCUT2D eigenvalue weighted by Crippen LogP contribution is 2.23. The molecule has 3 heteroatoms. The first-order valence-electron chi connectivity index (χ1n) is 6.38. The van der Waals surface area contributed by atoms with Crippen LogP contribution in [0.3, 0.4) is 0 Å². The zero-order chi connectivity index (χ0) is 12.0. The Morgan fingerprint density at radius 1 is 1.56 bits per heavy atom. The van der Waals surface area contributed by atoms with Crippen LogP contribution in [0.2, 0.25) is 0 Å². The third kappa shape index (κ3) is 4.33. The number of nitrogens with one attached hydrogen (secondary N) is 1. The fourth-order valence-corrected chi connectivity index (χ4v) is 2.47. The zero-order valence-corrected chi connectivity index (χ0v) is 10.9. The molecule has 1 unspecified atom stereocenters. The van der Waals surface area contributed by atoms with E-state index in [9.17, 15) is 0 Å². The second-order valence-electron chi connectivity index (χ2n) is 5.06. The van der Waals surface area contributed by atoms with Gasteiger partial charge in [0.1, 0.15) is 0 Å². The molecule has 0 aromatic rings. The van der Waals surface area contributed by atoms with E-state index in [1.807, 2.05) is 6.34 Å². The molecule has 0 amide bonds. The summed E-state index contributed by atoms with van der Waals surface area (Å²) in [5, 5.41) is 8.03. The van der Waals surface area contributed by atoms with Crippen LogP contribution in [0.4, 0.5) is 0 Å². The van der Waals surface area contributed by atoms with Crippen molar-refractivity contribution in [3.05, 3.63) is 0 Å². The van der Waals surface area contributed by atoms with Gasteiger partial charge in [-0.1, -0.05) is 20.3 Å². The fourth-order valence-electron chi connectivity index (χ4n) is 2.47. The number of aliphatic imine (C=N–C) groups is 1. The third-order valence-corrected chi connectivity index (χ3v) is 3.43. The second-order valence-corrected chi connectivity index (χ2v) is 5.06. The Balaban J connectivity index is 2.64. The summed E-state index contributed by atoms with van der Waals surface area (Å²) in [6.45, 7) is 6.38. The van der Waals surface area contributed by atoms with E-state index in [1.54, 1.807) is 7.05 Å². The molecule has 1 aliphatic heterocycles. The molecular formula is C13H25N3. The van der Waals surface area contributed by atoms with Crippen LogP contribution >= 0.6 is 0 Å². The molecule has 0 aromatic carbocycles. The van der Waals surface area contributed by atoms with Crippen molar-refractivity contribution in [2.45, 2.75) is 39.5 Å². The summed E-state index contributed by atoms with van der Waals surface area (Å²) < 4.78 is 0. The monoisotopic (exact) mass is 223 g/mol. The minimum Gasteiger partial charge on any atom is -0.357 e. The second kappa shape index (κ2) is 6.66. The van der Waals surface area contributed by atoms with Gasteiger partial charge in [0.2, 0.25) is 0 Å². The van der Waals surface area contributed by atoms with Crippen molar-refractivity contribution in [3.63, 3.8) is 0 Å². The first kappa shape index (κ1) is 13.2. The summed E-state index contributed by atoms with van der Waals surface area (Å²) in [7, 11) is 1.80. The maximum Gasteiger partial charge on any atom is 0.0849 e. The lowest BCUT2D eigenvalue weighted by atomic mass is 9.88. The van der Waals surface area contributed by atoms with Gasteiger partial charge in [-0.15, -0.1) is 0 Å². The zero-order valence-electron chi connectivity index (χ0n) is 10.9. The molecule has 1 saturated heterocycles. The van der Waals surface area contributed by atoms with Gasteiger partial charge in [0, 0.05) is 19.3 Å². The van der Waals surface area contributed by atoms with Crippen molar-refractivity contribution in [1.29, 1.82) is 5.41 Å². The van der Waals surface area contributed by atoms with Gasteiger partial charge in [0.15, 0.2) is 0 Å². The van der Waals surface area contributed by atoms with Gasteiger partial charge < -0.3 is 10.3 Å². The van der Waals surface area contributed by atoms with Gasteiger partial charge in [-0.25, -0.2) is 0 Å². The number of rotatable bonds is 2. The summed E-state index contributed by atoms with van der Waals surface area (Å²) in [5.41, 5.74) is 0.862. The van der Waals surface area contributed by atoms with Crippen LogP contribution in [0.15, 0.2) is 4.99 Å². The van der Waals surface area contributed by atoms with E-state index in [1.165, 1.54) is 19.3 Å². The van der Waals surface area contributed by atoms with Gasteiger partial charge in [-0.2, -0.15) is 0 Å². The Morgan fingerprint density at radius 2 is 2.31 bits per heavy atom. The topological polar surface area (TPSA) is 39.5 Å². The van der Waals surface area contributed by atoms with E-state index in [0.29, 0.717) is 5.92 Å². The van der Waals surface area contributed by atoms with Crippen LogP contribution in [0, 0.1) is 17.2 Å². The third-order valence-electron chi connectivity index (χ3n) is 3.43. The van der Waals surface area contributed by atoms with Crippen molar-refractivity contribution in [2.24, 2.45) is 16.8 Å². The van der Waals surface area contributed by atoms with Crippen LogP contribution < -0.4 is 0 Å². The highest BCUT2D eigenvalue weighted by atomic mass is 15.1. The quantitative estimate of drug-likeness (QED) is 0.567. The SMILES string of the molecule is CCC1CC(=N)CN(/C=N\C)CC[C@@H](C)C1. The average molecular weight is 223 g/mol. The molecule has 1 rings (SSSR count). The largest absolute Gasteiger partial charge is 0.357 e. The van der Waals surface area contributed by atoms with Gasteiger partial charge in [-0.05, 0) is 31.1 Å². The molecule has 2 atom stereocenters. The maximum absolute atomic E-state index is 8.03. The lowest BCUT2D eigenvalue weighted by Crippen LogP contribution is -2.29. The van der Waals surface area contributed by atoms with Crippen molar-refractivity contribution in [2.75, 3.05) is 20.1 Å². The molecule has 1 aliphatic rings. The summed E-state index contributed by atoms with van der Waals surface area (Å²) in [6, 6.07) is 0. The Morgan fingerprint density at radius 3 is 2.94 bits per heavy atom. The minimum absolute atomic E-state index is 0.709. The lowest BCUT2D eigenvalue weighted by molar-refractivity contribution is 0.355. The van der Waals surface area contributed by atoms with Gasteiger partial charge >= 0.3 is 0 Å². The van der Waals surface area contributed by atoms with Crippen LogP contribution in [0.25, 0.3) is 0 Å². The summed E-state index contributed by atoms with van der Waals surface area (Å²) in [5.74, 6) is 1.48. The predicted molar refractivity (Wildman–Crippen MR) is 70.5 cm³/mol. The molecule has 92 valence electrons. The molecule has 0 aromatic heterocycles. The predicted octanol–water partition coefficient (Wildman–Crippen LogP) is 2.81. The Kier molecular flexibility index (Phi) is 5.50. The van der Waals surface area contributed by atoms with Crippen LogP contribution in [0.5, 0.6) is 0 Å². The van der Waals surface area contributed by atoms with Crippen molar-refractivity contribution in [3.8, 4) is 0 Å². The number of nitrogens with zero attached hydrogens (tertiary/aromatic N) is 2. The Labute approximate surface area is 99.5 Å². The molecule has 0 spiro atoms. The maximum atomic E-state index is 8.03. The normalized spacial score (nSPS) is 28.9. The standard InChI is InChI=1S/C13H25N3/c1-4-12-7-11(2)5-6-16(10-15-3)9-13(14)8-12/h10-12,14H,4-9H2,1-3H3/b14-13?,15-10-/t11-,12?/m1/s1. The molecular weight excluding hydrogens is 198 g/mol. The first-order chi connectivity index (χ1) is 7.65. The molecule has 1 N–H and O–H groups in total. The molecule has 1 heterocycles. The van der Waals surface area contributed by atoms with E-state index >= 15 is 0 Å². The lowest BCUT2D eigenvalue weighted by Gasteiger charge is -2.19. The molecule has 1 fully saturated rings. The van der Waals surface area contributed by atoms with E-state index in [4.69, 9.17) is 5.41 Å². The van der Waals surface area contributed by atoms with Gasteiger partial charge in [0.05, 0.1) is 12.9 Å². The Hall–Kier alpha value is -0.860.